The molecule has 6 nitrogen and oxygen atoms in total. The molecule has 1 N–H and O–H groups in total. The topological polar surface area (TPSA) is 55.9 Å². The number of halogens is 3. The molecule has 2 amide bonds. The molecule has 9 heteroatoms. The smallest absolute Gasteiger partial charge is 0.336 e. The maximum Gasteiger partial charge on any atom is 0.418 e. The number of hydrogen-bond acceptors (Lipinski definition) is 4. The molecule has 1 fully saturated rings. The number of carbonyl (C=O) groups excluding carboxylic acids is 2. The van der Waals surface area contributed by atoms with Gasteiger partial charge >= 0.3 is 6.18 Å². The summed E-state index contributed by atoms with van der Waals surface area (Å²) in [5, 5.41) is 2.37. The number of carbonyl (C=O) groups is 2. The third kappa shape index (κ3) is 7.29. The van der Waals surface area contributed by atoms with E-state index in [-0.39, 0.29) is 18.1 Å². The Morgan fingerprint density at radius 3 is 2.20 bits per heavy atom. The number of nitrogens with zero attached hydrogens (tertiary/aromatic N) is 3. The summed E-state index contributed by atoms with van der Waals surface area (Å²) >= 11 is 0. The Bertz CT molecular complexity index is 1000. The SMILES string of the molecule is CCN(Cc1ccc(C(=O)N2CCN(CC(=O)Nc3ccccc3C(F)(F)F)CC2)cc1)C(C)C. The van der Waals surface area contributed by atoms with Gasteiger partial charge in [-0.05, 0) is 50.2 Å². The lowest BCUT2D eigenvalue weighted by atomic mass is 10.1. The Balaban J connectivity index is 1.50. The van der Waals surface area contributed by atoms with Crippen molar-refractivity contribution in [2.75, 3.05) is 44.6 Å². The molecule has 0 spiro atoms. The van der Waals surface area contributed by atoms with Gasteiger partial charge in [-0.3, -0.25) is 19.4 Å². The molecule has 0 unspecified atom stereocenters. The van der Waals surface area contributed by atoms with Gasteiger partial charge in [0.25, 0.3) is 5.91 Å². The number of para-hydroxylation sites is 1. The highest BCUT2D eigenvalue weighted by atomic mass is 19.4. The molecule has 1 aliphatic heterocycles. The average molecular weight is 491 g/mol. The van der Waals surface area contributed by atoms with Gasteiger partial charge in [0.15, 0.2) is 0 Å². The predicted octanol–water partition coefficient (Wildman–Crippen LogP) is 4.33. The fourth-order valence-corrected chi connectivity index (χ4v) is 4.17. The van der Waals surface area contributed by atoms with Gasteiger partial charge in [-0.1, -0.05) is 31.2 Å². The first-order valence-corrected chi connectivity index (χ1v) is 11.9. The highest BCUT2D eigenvalue weighted by molar-refractivity contribution is 5.94. The summed E-state index contributed by atoms with van der Waals surface area (Å²) in [7, 11) is 0. The first kappa shape index (κ1) is 26.7. The molecule has 0 aromatic heterocycles. The van der Waals surface area contributed by atoms with Gasteiger partial charge in [0.2, 0.25) is 5.91 Å². The zero-order valence-corrected chi connectivity index (χ0v) is 20.4. The van der Waals surface area contributed by atoms with Crippen molar-refractivity contribution in [2.45, 2.75) is 39.5 Å². The number of nitrogens with one attached hydrogen (secondary N) is 1. The minimum absolute atomic E-state index is 0.0350. The van der Waals surface area contributed by atoms with E-state index in [1.165, 1.54) is 18.2 Å². The van der Waals surface area contributed by atoms with E-state index in [1.54, 1.807) is 4.90 Å². The lowest BCUT2D eigenvalue weighted by molar-refractivity contribution is -0.137. The minimum Gasteiger partial charge on any atom is -0.336 e. The Labute approximate surface area is 204 Å². The Kier molecular flexibility index (Phi) is 8.91. The Hall–Kier alpha value is -2.91. The molecular formula is C26H33F3N4O2. The largest absolute Gasteiger partial charge is 0.418 e. The molecule has 2 aromatic carbocycles. The van der Waals surface area contributed by atoms with Crippen molar-refractivity contribution in [3.05, 3.63) is 65.2 Å². The standard InChI is InChI=1S/C26H33F3N4O2/c1-4-32(19(2)3)17-20-9-11-21(12-10-20)25(35)33-15-13-31(14-16-33)18-24(34)30-23-8-6-5-7-22(23)26(27,28)29/h5-12,19H,4,13-18H2,1-3H3,(H,30,34). The quantitative estimate of drug-likeness (QED) is 0.599. The second-order valence-electron chi connectivity index (χ2n) is 9.01. The average Bonchev–Trinajstić information content (AvgIpc) is 2.82. The van der Waals surface area contributed by atoms with Crippen LogP contribution < -0.4 is 5.32 Å². The van der Waals surface area contributed by atoms with E-state index in [2.05, 4.69) is 31.0 Å². The van der Waals surface area contributed by atoms with Crippen LogP contribution in [0.4, 0.5) is 18.9 Å². The summed E-state index contributed by atoms with van der Waals surface area (Å²) in [6.07, 6.45) is -4.54. The second-order valence-corrected chi connectivity index (χ2v) is 9.01. The number of alkyl halides is 3. The van der Waals surface area contributed by atoms with Crippen molar-refractivity contribution in [1.29, 1.82) is 0 Å². The molecule has 190 valence electrons. The Morgan fingerprint density at radius 2 is 1.63 bits per heavy atom. The molecular weight excluding hydrogens is 457 g/mol. The van der Waals surface area contributed by atoms with Crippen LogP contribution in [0, 0.1) is 0 Å². The van der Waals surface area contributed by atoms with E-state index < -0.39 is 17.6 Å². The maximum absolute atomic E-state index is 13.1. The molecule has 0 saturated carbocycles. The Morgan fingerprint density at radius 1 is 1.00 bits per heavy atom. The highest BCUT2D eigenvalue weighted by Crippen LogP contribution is 2.34. The third-order valence-corrected chi connectivity index (χ3v) is 6.26. The fourth-order valence-electron chi connectivity index (χ4n) is 4.17. The summed E-state index contributed by atoms with van der Waals surface area (Å²) in [5.41, 5.74) is 0.649. The summed E-state index contributed by atoms with van der Waals surface area (Å²) < 4.78 is 39.4. The minimum atomic E-state index is -4.54. The molecule has 3 rings (SSSR count). The zero-order valence-electron chi connectivity index (χ0n) is 20.4. The summed E-state index contributed by atoms with van der Waals surface area (Å²) in [5.74, 6) is -0.574. The fraction of sp³-hybridized carbons (Fsp3) is 0.462. The van der Waals surface area contributed by atoms with E-state index in [1.807, 2.05) is 29.2 Å². The van der Waals surface area contributed by atoms with Crippen molar-refractivity contribution in [3.8, 4) is 0 Å². The number of hydrogen-bond donors (Lipinski definition) is 1. The molecule has 35 heavy (non-hydrogen) atoms. The van der Waals surface area contributed by atoms with Gasteiger partial charge in [0.1, 0.15) is 0 Å². The van der Waals surface area contributed by atoms with Crippen LogP contribution in [-0.4, -0.2) is 71.8 Å². The van der Waals surface area contributed by atoms with Crippen molar-refractivity contribution in [3.63, 3.8) is 0 Å². The number of piperazine rings is 1. The van der Waals surface area contributed by atoms with Gasteiger partial charge in [0, 0.05) is 44.3 Å². The number of amides is 2. The van der Waals surface area contributed by atoms with Crippen LogP contribution in [0.3, 0.4) is 0 Å². The molecule has 0 aliphatic carbocycles. The molecule has 0 radical (unpaired) electrons. The summed E-state index contributed by atoms with van der Waals surface area (Å²) in [6.45, 7) is 10.0. The van der Waals surface area contributed by atoms with Gasteiger partial charge in [0.05, 0.1) is 17.8 Å². The molecule has 2 aromatic rings. The first-order valence-electron chi connectivity index (χ1n) is 11.9. The van der Waals surface area contributed by atoms with E-state index in [9.17, 15) is 22.8 Å². The second kappa shape index (κ2) is 11.7. The van der Waals surface area contributed by atoms with Crippen LogP contribution >= 0.6 is 0 Å². The van der Waals surface area contributed by atoms with Crippen LogP contribution in [0.2, 0.25) is 0 Å². The van der Waals surface area contributed by atoms with E-state index in [4.69, 9.17) is 0 Å². The zero-order chi connectivity index (χ0) is 25.6. The van der Waals surface area contributed by atoms with E-state index in [0.717, 1.165) is 24.7 Å². The normalized spacial score (nSPS) is 15.0. The maximum atomic E-state index is 13.1. The third-order valence-electron chi connectivity index (χ3n) is 6.26. The van der Waals surface area contributed by atoms with E-state index in [0.29, 0.717) is 37.8 Å². The van der Waals surface area contributed by atoms with E-state index >= 15 is 0 Å². The van der Waals surface area contributed by atoms with Crippen molar-refractivity contribution in [1.82, 2.24) is 14.7 Å². The lowest BCUT2D eigenvalue weighted by Gasteiger charge is -2.34. The van der Waals surface area contributed by atoms with Crippen LogP contribution in [0.15, 0.2) is 48.5 Å². The van der Waals surface area contributed by atoms with Crippen molar-refractivity contribution >= 4 is 17.5 Å². The predicted molar refractivity (Wildman–Crippen MR) is 130 cm³/mol. The van der Waals surface area contributed by atoms with Gasteiger partial charge in [-0.2, -0.15) is 13.2 Å². The van der Waals surface area contributed by atoms with Gasteiger partial charge < -0.3 is 10.2 Å². The van der Waals surface area contributed by atoms with Crippen molar-refractivity contribution < 1.29 is 22.8 Å². The first-order chi connectivity index (χ1) is 16.6. The van der Waals surface area contributed by atoms with Gasteiger partial charge in [-0.15, -0.1) is 0 Å². The summed E-state index contributed by atoms with van der Waals surface area (Å²) in [6, 6.07) is 13.0. The molecule has 1 heterocycles. The summed E-state index contributed by atoms with van der Waals surface area (Å²) in [4.78, 5) is 31.2. The van der Waals surface area contributed by atoms with Crippen LogP contribution in [0.1, 0.15) is 42.3 Å². The van der Waals surface area contributed by atoms with Crippen LogP contribution in [-0.2, 0) is 17.5 Å². The van der Waals surface area contributed by atoms with Gasteiger partial charge in [-0.25, -0.2) is 0 Å². The van der Waals surface area contributed by atoms with Crippen molar-refractivity contribution in [2.24, 2.45) is 0 Å². The number of anilines is 1. The molecule has 0 bridgehead atoms. The highest BCUT2D eigenvalue weighted by Gasteiger charge is 2.33. The molecule has 1 saturated heterocycles. The molecule has 0 atom stereocenters. The number of benzene rings is 2. The van der Waals surface area contributed by atoms with Crippen LogP contribution in [0.5, 0.6) is 0 Å². The van der Waals surface area contributed by atoms with Crippen LogP contribution in [0.25, 0.3) is 0 Å². The molecule has 1 aliphatic rings. The monoisotopic (exact) mass is 490 g/mol. The number of rotatable bonds is 8. The lowest BCUT2D eigenvalue weighted by Crippen LogP contribution is -2.50.